The van der Waals surface area contributed by atoms with E-state index in [9.17, 15) is 4.79 Å². The minimum Gasteiger partial charge on any atom is -0.497 e. The molecular weight excluding hydrogens is 322 g/mol. The van der Waals surface area contributed by atoms with Crippen LogP contribution in [0.15, 0.2) is 35.9 Å². The van der Waals surface area contributed by atoms with Gasteiger partial charge in [0.1, 0.15) is 5.75 Å². The molecule has 0 bridgehead atoms. The van der Waals surface area contributed by atoms with E-state index in [1.165, 1.54) is 6.08 Å². The van der Waals surface area contributed by atoms with Crippen LogP contribution in [0, 0.1) is 6.92 Å². The van der Waals surface area contributed by atoms with Crippen molar-refractivity contribution in [2.45, 2.75) is 13.3 Å². The zero-order chi connectivity index (χ0) is 16.9. The molecule has 6 heteroatoms. The number of aromatic amines is 1. The summed E-state index contributed by atoms with van der Waals surface area (Å²) < 4.78 is 5.27. The second-order valence-corrected chi connectivity index (χ2v) is 6.45. The molecule has 2 N–H and O–H groups in total. The third-order valence-electron chi connectivity index (χ3n) is 3.71. The Morgan fingerprint density at radius 3 is 3.08 bits per heavy atom. The number of fused-ring (bicyclic) bond motifs is 1. The first kappa shape index (κ1) is 16.3. The third kappa shape index (κ3) is 3.83. The van der Waals surface area contributed by atoms with Gasteiger partial charge >= 0.3 is 0 Å². The predicted molar refractivity (Wildman–Crippen MR) is 97.4 cm³/mol. The quantitative estimate of drug-likeness (QED) is 0.676. The summed E-state index contributed by atoms with van der Waals surface area (Å²) in [6.45, 7) is 2.52. The van der Waals surface area contributed by atoms with Gasteiger partial charge in [0.15, 0.2) is 0 Å². The number of H-pyrrole nitrogens is 1. The van der Waals surface area contributed by atoms with E-state index < -0.39 is 0 Å². The van der Waals surface area contributed by atoms with Gasteiger partial charge in [-0.25, -0.2) is 4.98 Å². The van der Waals surface area contributed by atoms with E-state index in [0.29, 0.717) is 6.54 Å². The second kappa shape index (κ2) is 7.31. The van der Waals surface area contributed by atoms with Crippen molar-refractivity contribution in [3.63, 3.8) is 0 Å². The number of carbonyl (C=O) groups excluding carboxylic acids is 1. The molecule has 0 aliphatic rings. The van der Waals surface area contributed by atoms with Crippen molar-refractivity contribution < 1.29 is 9.53 Å². The normalized spacial score (nSPS) is 11.2. The number of aromatic nitrogens is 2. The van der Waals surface area contributed by atoms with E-state index in [2.05, 4.69) is 15.3 Å². The molecule has 3 rings (SSSR count). The summed E-state index contributed by atoms with van der Waals surface area (Å²) in [4.78, 5) is 19.4. The summed E-state index contributed by atoms with van der Waals surface area (Å²) in [5.74, 6) is 0.715. The van der Waals surface area contributed by atoms with E-state index >= 15 is 0 Å². The number of rotatable bonds is 6. The molecule has 0 radical (unpaired) electrons. The highest BCUT2D eigenvalue weighted by Crippen LogP contribution is 2.23. The van der Waals surface area contributed by atoms with E-state index in [-0.39, 0.29) is 5.91 Å². The summed E-state index contributed by atoms with van der Waals surface area (Å²) in [5, 5.41) is 6.94. The van der Waals surface area contributed by atoms with Crippen molar-refractivity contribution in [2.24, 2.45) is 0 Å². The average molecular weight is 341 g/mol. The maximum Gasteiger partial charge on any atom is 0.244 e. The van der Waals surface area contributed by atoms with Crippen LogP contribution in [0.4, 0.5) is 0 Å². The minimum absolute atomic E-state index is 0.113. The van der Waals surface area contributed by atoms with Gasteiger partial charge in [-0.2, -0.15) is 0 Å². The Bertz CT molecular complexity index is 879. The molecule has 1 amide bonds. The van der Waals surface area contributed by atoms with Crippen LogP contribution in [0.3, 0.4) is 0 Å². The summed E-state index contributed by atoms with van der Waals surface area (Å²) in [5.41, 5.74) is 3.04. The number of ether oxygens (including phenoxy) is 1. The van der Waals surface area contributed by atoms with Crippen molar-refractivity contribution in [1.82, 2.24) is 15.3 Å². The fraction of sp³-hybridized carbons (Fsp3) is 0.222. The topological polar surface area (TPSA) is 67.0 Å². The molecule has 0 fully saturated rings. The molecule has 0 atom stereocenters. The molecule has 0 saturated heterocycles. The van der Waals surface area contributed by atoms with Gasteiger partial charge < -0.3 is 15.0 Å². The predicted octanol–water partition coefficient (Wildman–Crippen LogP) is 3.31. The number of hydrogen-bond acceptors (Lipinski definition) is 4. The van der Waals surface area contributed by atoms with Gasteiger partial charge in [0, 0.05) is 35.1 Å². The van der Waals surface area contributed by atoms with Crippen LogP contribution in [0.1, 0.15) is 16.3 Å². The Morgan fingerprint density at radius 1 is 1.46 bits per heavy atom. The summed E-state index contributed by atoms with van der Waals surface area (Å²) in [6, 6.07) is 5.93. The van der Waals surface area contributed by atoms with Gasteiger partial charge in [-0.3, -0.25) is 4.79 Å². The van der Waals surface area contributed by atoms with E-state index in [0.717, 1.165) is 39.3 Å². The lowest BCUT2D eigenvalue weighted by atomic mass is 10.1. The molecule has 3 aromatic rings. The Kier molecular flexibility index (Phi) is 4.96. The number of amides is 1. The molecule has 0 saturated carbocycles. The summed E-state index contributed by atoms with van der Waals surface area (Å²) >= 11 is 1.57. The largest absolute Gasteiger partial charge is 0.497 e. The monoisotopic (exact) mass is 341 g/mol. The zero-order valence-electron chi connectivity index (χ0n) is 13.6. The van der Waals surface area contributed by atoms with Crippen LogP contribution < -0.4 is 10.1 Å². The molecule has 0 unspecified atom stereocenters. The first-order valence-electron chi connectivity index (χ1n) is 7.68. The molecule has 124 valence electrons. The Hall–Kier alpha value is -2.60. The van der Waals surface area contributed by atoms with E-state index in [1.807, 2.05) is 36.7 Å². The second-order valence-electron chi connectivity index (χ2n) is 5.39. The zero-order valence-corrected chi connectivity index (χ0v) is 14.4. The van der Waals surface area contributed by atoms with Crippen LogP contribution in [0.25, 0.3) is 17.0 Å². The molecule has 2 heterocycles. The molecule has 0 aliphatic heterocycles. The number of thiazole rings is 1. The SMILES string of the molecule is COc1ccc2[nH]cc(CCNC(=O)C=Cc3csc(C)n3)c2c1. The highest BCUT2D eigenvalue weighted by atomic mass is 32.1. The van der Waals surface area contributed by atoms with E-state index in [4.69, 9.17) is 4.74 Å². The van der Waals surface area contributed by atoms with Crippen LogP contribution in [-0.4, -0.2) is 29.5 Å². The first-order chi connectivity index (χ1) is 11.7. The maximum atomic E-state index is 11.9. The number of methoxy groups -OCH3 is 1. The number of carbonyl (C=O) groups is 1. The molecule has 24 heavy (non-hydrogen) atoms. The van der Waals surface area contributed by atoms with E-state index in [1.54, 1.807) is 24.5 Å². The molecule has 1 aromatic carbocycles. The highest BCUT2D eigenvalue weighted by molar-refractivity contribution is 7.09. The summed E-state index contributed by atoms with van der Waals surface area (Å²) in [7, 11) is 1.66. The molecule has 2 aromatic heterocycles. The first-order valence-corrected chi connectivity index (χ1v) is 8.56. The van der Waals surface area contributed by atoms with Crippen LogP contribution >= 0.6 is 11.3 Å². The van der Waals surface area contributed by atoms with Crippen molar-refractivity contribution in [3.05, 3.63) is 52.1 Å². The van der Waals surface area contributed by atoms with Crippen molar-refractivity contribution in [2.75, 3.05) is 13.7 Å². The van der Waals surface area contributed by atoms with Gasteiger partial charge in [-0.05, 0) is 43.2 Å². The Labute approximate surface area is 144 Å². The molecule has 5 nitrogen and oxygen atoms in total. The standard InChI is InChI=1S/C18H19N3O2S/c1-12-21-14(11-24-12)3-6-18(22)19-8-7-13-10-20-17-5-4-15(23-2)9-16(13)17/h3-6,9-11,20H,7-8H2,1-2H3,(H,19,22). The lowest BCUT2D eigenvalue weighted by Gasteiger charge is -2.03. The van der Waals surface area contributed by atoms with Crippen LogP contribution in [0.2, 0.25) is 0 Å². The van der Waals surface area contributed by atoms with Crippen molar-refractivity contribution >= 4 is 34.2 Å². The van der Waals surface area contributed by atoms with Crippen LogP contribution in [-0.2, 0) is 11.2 Å². The number of benzene rings is 1. The van der Waals surface area contributed by atoms with Crippen molar-refractivity contribution in [3.8, 4) is 5.75 Å². The summed E-state index contributed by atoms with van der Waals surface area (Å²) in [6.07, 6.45) is 5.98. The number of nitrogens with zero attached hydrogens (tertiary/aromatic N) is 1. The van der Waals surface area contributed by atoms with Gasteiger partial charge in [-0.1, -0.05) is 0 Å². The van der Waals surface area contributed by atoms with Crippen molar-refractivity contribution in [1.29, 1.82) is 0 Å². The highest BCUT2D eigenvalue weighted by Gasteiger charge is 2.05. The maximum absolute atomic E-state index is 11.9. The average Bonchev–Trinajstić information content (AvgIpc) is 3.19. The third-order valence-corrected chi connectivity index (χ3v) is 4.50. The van der Waals surface area contributed by atoms with Crippen LogP contribution in [0.5, 0.6) is 5.75 Å². The molecule has 0 spiro atoms. The molecular formula is C18H19N3O2S. The Balaban J connectivity index is 1.56. The minimum atomic E-state index is -0.113. The van der Waals surface area contributed by atoms with Gasteiger partial charge in [-0.15, -0.1) is 11.3 Å². The Morgan fingerprint density at radius 2 is 2.33 bits per heavy atom. The lowest BCUT2D eigenvalue weighted by molar-refractivity contribution is -0.116. The van der Waals surface area contributed by atoms with Gasteiger partial charge in [0.2, 0.25) is 5.91 Å². The number of aryl methyl sites for hydroxylation is 1. The lowest BCUT2D eigenvalue weighted by Crippen LogP contribution is -2.23. The fourth-order valence-electron chi connectivity index (χ4n) is 2.49. The van der Waals surface area contributed by atoms with Gasteiger partial charge in [0.25, 0.3) is 0 Å². The number of hydrogen-bond donors (Lipinski definition) is 2. The number of nitrogens with one attached hydrogen (secondary N) is 2. The molecule has 0 aliphatic carbocycles. The fourth-order valence-corrected chi connectivity index (χ4v) is 3.07. The van der Waals surface area contributed by atoms with Gasteiger partial charge in [0.05, 0.1) is 17.8 Å². The smallest absolute Gasteiger partial charge is 0.244 e.